The van der Waals surface area contributed by atoms with E-state index in [9.17, 15) is 19.5 Å². The molecule has 3 aromatic rings. The van der Waals surface area contributed by atoms with Crippen LogP contribution in [0.2, 0.25) is 0 Å². The largest absolute Gasteiger partial charge is 0.394 e. The molecule has 5 heterocycles. The van der Waals surface area contributed by atoms with E-state index in [1.807, 2.05) is 42.4 Å². The number of carbonyl (C=O) groups is 3. The maximum absolute atomic E-state index is 12.8. The van der Waals surface area contributed by atoms with E-state index in [4.69, 9.17) is 14.2 Å². The molecule has 6 atom stereocenters. The van der Waals surface area contributed by atoms with Gasteiger partial charge in [0, 0.05) is 72.7 Å². The highest BCUT2D eigenvalue weighted by Gasteiger charge is 2.44. The number of aromatic nitrogens is 1. The molecule has 3 amide bonds. The SMILES string of the molecule is O=C(CCCC[C@@H]1SC[C@@H]2NC(=O)N[C@@H]21)CCCOCCOCCOCCC(=O)Nc1cccc(-c2ccc3c(c2)[C@H]2[C@H](CCN2Cc2ccncc2)[C@@H](CO)N3)c1. The number of ketones is 1. The number of aliphatic hydroxyl groups excluding tert-OH is 1. The van der Waals surface area contributed by atoms with Crippen molar-refractivity contribution < 1.29 is 33.7 Å². The summed E-state index contributed by atoms with van der Waals surface area (Å²) in [7, 11) is 0. The number of carbonyl (C=O) groups excluding carboxylic acids is 3. The predicted octanol–water partition coefficient (Wildman–Crippen LogP) is 5.55. The van der Waals surface area contributed by atoms with Crippen LogP contribution in [0.15, 0.2) is 67.0 Å². The Morgan fingerprint density at radius 3 is 2.47 bits per heavy atom. The summed E-state index contributed by atoms with van der Waals surface area (Å²) in [5, 5.41) is 23.3. The Balaban J connectivity index is 0.739. The van der Waals surface area contributed by atoms with Crippen LogP contribution in [0.4, 0.5) is 16.2 Å². The summed E-state index contributed by atoms with van der Waals surface area (Å²) in [6.45, 7) is 4.41. The molecule has 4 aliphatic rings. The molecule has 7 rings (SSSR count). The van der Waals surface area contributed by atoms with Crippen LogP contribution < -0.4 is 21.3 Å². The van der Waals surface area contributed by atoms with Crippen molar-refractivity contribution in [2.75, 3.05) is 69.2 Å². The molecule has 0 saturated carbocycles. The van der Waals surface area contributed by atoms with Gasteiger partial charge in [-0.1, -0.05) is 24.6 Å². The Kier molecular flexibility index (Phi) is 15.4. The molecule has 3 saturated heterocycles. The Morgan fingerprint density at radius 1 is 0.862 bits per heavy atom. The lowest BCUT2D eigenvalue weighted by atomic mass is 9.82. The van der Waals surface area contributed by atoms with Crippen LogP contribution in [0.1, 0.15) is 68.5 Å². The van der Waals surface area contributed by atoms with Gasteiger partial charge in [0.2, 0.25) is 5.91 Å². The summed E-state index contributed by atoms with van der Waals surface area (Å²) in [6, 6.07) is 19.2. The van der Waals surface area contributed by atoms with Crippen LogP contribution >= 0.6 is 11.8 Å². The molecule has 3 fully saturated rings. The number of hydrogen-bond acceptors (Lipinski definition) is 11. The fourth-order valence-corrected chi connectivity index (χ4v) is 10.3. The molecule has 13 nitrogen and oxygen atoms in total. The summed E-state index contributed by atoms with van der Waals surface area (Å²) >= 11 is 1.91. The third-order valence-electron chi connectivity index (χ3n) is 11.7. The number of thioether (sulfide) groups is 1. The second-order valence-corrected chi connectivity index (χ2v) is 17.0. The lowest BCUT2D eigenvalue weighted by Gasteiger charge is -2.39. The molecular weight excluding hydrogens is 757 g/mol. The number of anilines is 2. The Bertz CT molecular complexity index is 1820. The first-order chi connectivity index (χ1) is 28.4. The number of rotatable bonds is 23. The van der Waals surface area contributed by atoms with Crippen molar-refractivity contribution in [3.05, 3.63) is 78.1 Å². The topological polar surface area (TPSA) is 163 Å². The second kappa shape index (κ2) is 21.3. The van der Waals surface area contributed by atoms with Crippen LogP contribution in [0.5, 0.6) is 0 Å². The van der Waals surface area contributed by atoms with Crippen LogP contribution in [0, 0.1) is 5.92 Å². The maximum Gasteiger partial charge on any atom is 0.315 e. The first-order valence-electron chi connectivity index (χ1n) is 20.9. The molecule has 4 aliphatic heterocycles. The van der Waals surface area contributed by atoms with Crippen molar-refractivity contribution in [2.45, 2.75) is 87.3 Å². The molecule has 2 aromatic carbocycles. The number of amides is 3. The van der Waals surface area contributed by atoms with Crippen molar-refractivity contribution in [3.8, 4) is 11.1 Å². The van der Waals surface area contributed by atoms with Gasteiger partial charge in [0.1, 0.15) is 5.78 Å². The van der Waals surface area contributed by atoms with E-state index in [0.29, 0.717) is 70.1 Å². The number of Topliss-reactive ketones (excluding diaryl/α,β-unsaturated/α-hetero) is 1. The highest BCUT2D eigenvalue weighted by atomic mass is 32.2. The smallest absolute Gasteiger partial charge is 0.315 e. The minimum absolute atomic E-state index is 0.0151. The number of unbranched alkanes of at least 4 members (excludes halogenated alkanes) is 1. The minimum Gasteiger partial charge on any atom is -0.394 e. The average Bonchev–Trinajstić information content (AvgIpc) is 3.94. The third kappa shape index (κ3) is 11.4. The zero-order valence-electron chi connectivity index (χ0n) is 33.2. The van der Waals surface area contributed by atoms with Crippen molar-refractivity contribution >= 4 is 40.9 Å². The molecular formula is C44H58N6O7S. The van der Waals surface area contributed by atoms with E-state index in [-0.39, 0.29) is 54.9 Å². The zero-order valence-corrected chi connectivity index (χ0v) is 34.1. The summed E-state index contributed by atoms with van der Waals surface area (Å²) in [6.07, 6.45) is 9.69. The predicted molar refractivity (Wildman–Crippen MR) is 226 cm³/mol. The molecule has 58 heavy (non-hydrogen) atoms. The number of nitrogens with one attached hydrogen (secondary N) is 4. The van der Waals surface area contributed by atoms with Crippen LogP contribution in [0.3, 0.4) is 0 Å². The molecule has 14 heteroatoms. The Hall–Kier alpha value is -4.05. The number of pyridine rings is 1. The molecule has 5 N–H and O–H groups in total. The van der Waals surface area contributed by atoms with E-state index >= 15 is 0 Å². The number of likely N-dealkylation sites (tertiary alicyclic amines) is 1. The lowest BCUT2D eigenvalue weighted by Crippen LogP contribution is -2.41. The van der Waals surface area contributed by atoms with Gasteiger partial charge in [-0.15, -0.1) is 0 Å². The number of nitrogens with zero attached hydrogens (tertiary/aromatic N) is 2. The summed E-state index contributed by atoms with van der Waals surface area (Å²) < 4.78 is 16.9. The first kappa shape index (κ1) is 42.1. The molecule has 0 aliphatic carbocycles. The lowest BCUT2D eigenvalue weighted by molar-refractivity contribution is -0.119. The second-order valence-electron chi connectivity index (χ2n) is 15.7. The summed E-state index contributed by atoms with van der Waals surface area (Å²) in [5.74, 6) is 1.43. The minimum atomic E-state index is -0.116. The quantitative estimate of drug-likeness (QED) is 0.0603. The van der Waals surface area contributed by atoms with E-state index in [2.05, 4.69) is 67.5 Å². The van der Waals surface area contributed by atoms with Gasteiger partial charge in [-0.05, 0) is 90.9 Å². The van der Waals surface area contributed by atoms with Crippen LogP contribution in [0.25, 0.3) is 11.1 Å². The molecule has 0 spiro atoms. The number of hydrogen-bond donors (Lipinski definition) is 5. The van der Waals surface area contributed by atoms with Crippen LogP contribution in [-0.4, -0.2) is 115 Å². The monoisotopic (exact) mass is 814 g/mol. The maximum atomic E-state index is 12.8. The average molecular weight is 815 g/mol. The third-order valence-corrected chi connectivity index (χ3v) is 13.2. The highest BCUT2D eigenvalue weighted by Crippen LogP contribution is 2.48. The zero-order chi connectivity index (χ0) is 40.1. The number of fused-ring (bicyclic) bond motifs is 4. The molecule has 1 aromatic heterocycles. The Morgan fingerprint density at radius 2 is 1.64 bits per heavy atom. The van der Waals surface area contributed by atoms with Gasteiger partial charge < -0.3 is 40.6 Å². The number of benzene rings is 2. The molecule has 312 valence electrons. The summed E-state index contributed by atoms with van der Waals surface area (Å²) in [4.78, 5) is 43.3. The van der Waals surface area contributed by atoms with E-state index < -0.39 is 0 Å². The standard InChI is InChI=1S/C44H58N6O7S/c51-28-38-35-14-18-50(27-30-12-16-45-17-13-30)43(35)36-26-32(10-11-37(36)47-38)31-5-3-6-33(25-31)46-41(53)15-20-56-22-24-57-23-21-55-19-4-8-34(52)7-1-2-9-40-42-39(29-58-40)48-44(54)49-42/h3,5-6,10-13,16-17,25-26,35,38-40,42-43,47,51H,1-2,4,7-9,14-15,18-24,27-29H2,(H,46,53)(H2,48,49,54)/t35-,38-,39+,40+,42+,43-/m1/s1. The van der Waals surface area contributed by atoms with Gasteiger partial charge >= 0.3 is 6.03 Å². The van der Waals surface area contributed by atoms with Gasteiger partial charge in [-0.3, -0.25) is 19.5 Å². The van der Waals surface area contributed by atoms with E-state index in [1.54, 1.807) is 0 Å². The van der Waals surface area contributed by atoms with Crippen molar-refractivity contribution in [1.82, 2.24) is 20.5 Å². The molecule has 0 unspecified atom stereocenters. The number of urea groups is 1. The fraction of sp³-hybridized carbons (Fsp3) is 0.545. The van der Waals surface area contributed by atoms with Gasteiger partial charge in [-0.25, -0.2) is 4.79 Å². The fourth-order valence-electron chi connectivity index (χ4n) is 8.75. The molecule has 0 bridgehead atoms. The van der Waals surface area contributed by atoms with Crippen molar-refractivity contribution in [3.63, 3.8) is 0 Å². The van der Waals surface area contributed by atoms with Crippen molar-refractivity contribution in [1.29, 1.82) is 0 Å². The molecule has 0 radical (unpaired) electrons. The van der Waals surface area contributed by atoms with Crippen LogP contribution in [-0.2, 0) is 30.3 Å². The van der Waals surface area contributed by atoms with Gasteiger partial charge in [-0.2, -0.15) is 11.8 Å². The van der Waals surface area contributed by atoms with Gasteiger partial charge in [0.05, 0.1) is 64.2 Å². The van der Waals surface area contributed by atoms with Crippen molar-refractivity contribution in [2.24, 2.45) is 5.92 Å². The van der Waals surface area contributed by atoms with Gasteiger partial charge in [0.15, 0.2) is 0 Å². The highest BCUT2D eigenvalue weighted by molar-refractivity contribution is 8.00. The number of ether oxygens (including phenoxy) is 3. The normalized spacial score (nSPS) is 23.4. The summed E-state index contributed by atoms with van der Waals surface area (Å²) in [5.41, 5.74) is 6.35. The Labute approximate surface area is 345 Å². The van der Waals surface area contributed by atoms with E-state index in [0.717, 1.165) is 67.0 Å². The van der Waals surface area contributed by atoms with Gasteiger partial charge in [0.25, 0.3) is 0 Å². The number of aliphatic hydroxyl groups is 1. The van der Waals surface area contributed by atoms with E-state index in [1.165, 1.54) is 11.1 Å². The first-order valence-corrected chi connectivity index (χ1v) is 22.0.